The molecule has 2 aliphatic carbocycles. The molecule has 0 bridgehead atoms. The summed E-state index contributed by atoms with van der Waals surface area (Å²) in [5, 5.41) is 5.02. The maximum Gasteiger partial charge on any atom is 0.252 e. The van der Waals surface area contributed by atoms with Crippen LogP contribution in [-0.2, 0) is 43.3 Å². The van der Waals surface area contributed by atoms with Crippen molar-refractivity contribution >= 4 is 101 Å². The normalized spacial score (nSPS) is 16.2. The molecule has 18 rings (SSSR count). The van der Waals surface area contributed by atoms with Gasteiger partial charge in [0.15, 0.2) is 0 Å². The minimum atomic E-state index is -0.169. The number of rotatable bonds is 7. The van der Waals surface area contributed by atoms with Crippen LogP contribution in [0.5, 0.6) is 0 Å². The van der Waals surface area contributed by atoms with Crippen molar-refractivity contribution in [3.63, 3.8) is 0 Å². The van der Waals surface area contributed by atoms with Crippen molar-refractivity contribution in [3.05, 3.63) is 281 Å². The fourth-order valence-electron chi connectivity index (χ4n) is 20.0. The van der Waals surface area contributed by atoms with Crippen molar-refractivity contribution in [2.75, 3.05) is 9.80 Å². The maximum absolute atomic E-state index is 2.66. The lowest BCUT2D eigenvalue weighted by atomic mass is 9.33. The third kappa shape index (κ3) is 11.0. The fourth-order valence-corrected chi connectivity index (χ4v) is 20.0. The largest absolute Gasteiger partial charge is 0.311 e. The number of nitrogens with zero attached hydrogens (tertiary/aromatic N) is 4. The summed E-state index contributed by atoms with van der Waals surface area (Å²) in [6.45, 7) is 47.5. The first-order valence-corrected chi connectivity index (χ1v) is 39.3. The summed E-state index contributed by atoms with van der Waals surface area (Å²) >= 11 is 0. The van der Waals surface area contributed by atoms with Gasteiger partial charge in [0.1, 0.15) is 0 Å². The summed E-state index contributed by atoms with van der Waals surface area (Å²) < 4.78 is 5.11. The van der Waals surface area contributed by atoms with Crippen LogP contribution in [0.3, 0.4) is 0 Å². The topological polar surface area (TPSA) is 16.3 Å². The minimum absolute atomic E-state index is 0.0659. The lowest BCUT2D eigenvalue weighted by Gasteiger charge is -2.44. The molecule has 0 radical (unpaired) electrons. The number of benzene rings is 12. The fraction of sp³-hybridized carbons (Fsp3) is 0.294. The molecule has 534 valence electrons. The molecule has 0 amide bonds. The van der Waals surface area contributed by atoms with Gasteiger partial charge in [-0.2, -0.15) is 0 Å². The van der Waals surface area contributed by atoms with Crippen LogP contribution in [0.25, 0.3) is 88.4 Å². The van der Waals surface area contributed by atoms with E-state index in [0.29, 0.717) is 0 Å². The molecule has 0 atom stereocenters. The Hall–Kier alpha value is -10.1. The summed E-state index contributed by atoms with van der Waals surface area (Å²) in [5.41, 5.74) is 36.3. The molecule has 14 aromatic rings. The summed E-state index contributed by atoms with van der Waals surface area (Å²) in [7, 11) is 0. The standard InChI is InChI=1S/C102H103BN4/c1-95(2,3)68-36-47-88-78(55-68)79-56-69(96(4,5)6)37-48-89(79)107(88)75-58-92-94-93(59-75)105(73-40-31-63(32-41-73)65-34-44-81-83(52-65)102(19,20)61-100(81,15)16)91-57-74(106-86-27-23-21-25-76(86)77-26-22-24-28-87(77)106)42-46-85(91)103(94)84-45-35-66(67-49-70(97(7,8)9)54-71(50-67)98(10,11)12)53-90(84)104(92)72-38-29-62(30-39-72)64-33-43-80-82(51-64)101(17,18)60-99(80,13)14/h21-59H,60-61H2,1-20H3. The Morgan fingerprint density at radius 2 is 0.617 bits per heavy atom. The highest BCUT2D eigenvalue weighted by atomic mass is 15.2. The van der Waals surface area contributed by atoms with E-state index in [4.69, 9.17) is 0 Å². The minimum Gasteiger partial charge on any atom is -0.311 e. The third-order valence-corrected chi connectivity index (χ3v) is 25.3. The lowest BCUT2D eigenvalue weighted by Crippen LogP contribution is -2.61. The summed E-state index contributed by atoms with van der Waals surface area (Å²) in [6.07, 6.45) is 2.26. The van der Waals surface area contributed by atoms with E-state index in [1.807, 2.05) is 0 Å². The number of hydrogen-bond donors (Lipinski definition) is 0. The zero-order valence-corrected chi connectivity index (χ0v) is 66.8. The molecule has 5 heteroatoms. The number of hydrogen-bond acceptors (Lipinski definition) is 2. The van der Waals surface area contributed by atoms with Crippen LogP contribution >= 0.6 is 0 Å². The highest BCUT2D eigenvalue weighted by molar-refractivity contribution is 7.00. The Kier molecular flexibility index (Phi) is 14.9. The number of aromatic nitrogens is 2. The van der Waals surface area contributed by atoms with Gasteiger partial charge < -0.3 is 18.9 Å². The molecule has 4 aliphatic rings. The van der Waals surface area contributed by atoms with Crippen molar-refractivity contribution in [2.24, 2.45) is 0 Å². The molecule has 0 unspecified atom stereocenters. The van der Waals surface area contributed by atoms with Gasteiger partial charge in [0, 0.05) is 61.4 Å². The second kappa shape index (κ2) is 23.2. The van der Waals surface area contributed by atoms with Crippen LogP contribution in [0.4, 0.5) is 34.1 Å². The molecule has 2 aliphatic heterocycles. The highest BCUT2D eigenvalue weighted by Crippen LogP contribution is 2.54. The van der Waals surface area contributed by atoms with E-state index in [-0.39, 0.29) is 50.0 Å². The van der Waals surface area contributed by atoms with Crippen molar-refractivity contribution in [3.8, 4) is 44.8 Å². The van der Waals surface area contributed by atoms with Crippen LogP contribution in [0.15, 0.2) is 237 Å². The molecule has 107 heavy (non-hydrogen) atoms. The lowest BCUT2D eigenvalue weighted by molar-refractivity contribution is 0.402. The second-order valence-corrected chi connectivity index (χ2v) is 39.0. The molecular weight excluding hydrogens is 1290 g/mol. The maximum atomic E-state index is 2.66. The summed E-state index contributed by atoms with van der Waals surface area (Å²) in [6, 6.07) is 93.8. The molecular formula is C102H103BN4. The first-order valence-electron chi connectivity index (χ1n) is 39.3. The predicted octanol–water partition coefficient (Wildman–Crippen LogP) is 26.1. The Morgan fingerprint density at radius 3 is 1.07 bits per heavy atom. The first kappa shape index (κ1) is 68.7. The molecule has 0 fully saturated rings. The van der Waals surface area contributed by atoms with Gasteiger partial charge in [-0.05, 0) is 241 Å². The molecule has 4 heterocycles. The van der Waals surface area contributed by atoms with E-state index in [1.54, 1.807) is 0 Å². The zero-order chi connectivity index (χ0) is 74.9. The van der Waals surface area contributed by atoms with E-state index in [1.165, 1.54) is 144 Å². The quantitative estimate of drug-likeness (QED) is 0.148. The number of fused-ring (bicyclic) bond motifs is 12. The van der Waals surface area contributed by atoms with Crippen molar-refractivity contribution in [1.82, 2.24) is 9.13 Å². The predicted molar refractivity (Wildman–Crippen MR) is 462 cm³/mol. The average molecular weight is 1400 g/mol. The van der Waals surface area contributed by atoms with Crippen LogP contribution in [0.2, 0.25) is 0 Å². The van der Waals surface area contributed by atoms with Crippen molar-refractivity contribution in [1.29, 1.82) is 0 Å². The summed E-state index contributed by atoms with van der Waals surface area (Å²) in [5.74, 6) is 0. The van der Waals surface area contributed by atoms with Gasteiger partial charge in [0.25, 0.3) is 6.71 Å². The van der Waals surface area contributed by atoms with Crippen molar-refractivity contribution in [2.45, 2.75) is 195 Å². The van der Waals surface area contributed by atoms with Gasteiger partial charge in [-0.3, -0.25) is 0 Å². The molecule has 0 saturated carbocycles. The Balaban J connectivity index is 0.946. The SMILES string of the molecule is CC(C)(C)c1cc(-c2ccc3c(c2)N(c2ccc(-c4ccc5c(c4)C(C)(C)CC5(C)C)cc2)c2cc(-n4c5ccc(C(C)(C)C)cc5c5cc(C(C)(C)C)ccc54)cc4c2B3c2ccc(-n3c5ccccc5c5ccccc53)cc2N4c2ccc(-c3ccc4c(c3)C(C)(C)CC4(C)C)cc2)cc(C(C)(C)C)c1. The Morgan fingerprint density at radius 1 is 0.262 bits per heavy atom. The van der Waals surface area contributed by atoms with E-state index >= 15 is 0 Å². The van der Waals surface area contributed by atoms with E-state index in [9.17, 15) is 0 Å². The number of anilines is 6. The molecule has 0 spiro atoms. The molecule has 12 aromatic carbocycles. The second-order valence-electron chi connectivity index (χ2n) is 39.0. The van der Waals surface area contributed by atoms with Gasteiger partial charge in [0.2, 0.25) is 0 Å². The van der Waals surface area contributed by atoms with E-state index < -0.39 is 0 Å². The first-order chi connectivity index (χ1) is 50.5. The smallest absolute Gasteiger partial charge is 0.252 e. The highest BCUT2D eigenvalue weighted by Gasteiger charge is 2.47. The van der Waals surface area contributed by atoms with Gasteiger partial charge in [-0.15, -0.1) is 0 Å². The van der Waals surface area contributed by atoms with Gasteiger partial charge in [-0.25, -0.2) is 0 Å². The summed E-state index contributed by atoms with van der Waals surface area (Å²) in [4.78, 5) is 5.31. The van der Waals surface area contributed by atoms with Crippen LogP contribution in [-0.4, -0.2) is 15.8 Å². The zero-order valence-electron chi connectivity index (χ0n) is 66.8. The molecule has 4 nitrogen and oxygen atoms in total. The number of para-hydroxylation sites is 2. The van der Waals surface area contributed by atoms with Crippen LogP contribution in [0, 0.1) is 0 Å². The van der Waals surface area contributed by atoms with Crippen LogP contribution in [0.1, 0.15) is 196 Å². The van der Waals surface area contributed by atoms with Crippen molar-refractivity contribution < 1.29 is 0 Å². The molecule has 0 saturated heterocycles. The third-order valence-electron chi connectivity index (χ3n) is 25.3. The van der Waals surface area contributed by atoms with E-state index in [2.05, 4.69) is 394 Å². The monoisotopic (exact) mass is 1390 g/mol. The molecule has 0 N–H and O–H groups in total. The van der Waals surface area contributed by atoms with E-state index in [0.717, 1.165) is 52.7 Å². The van der Waals surface area contributed by atoms with Gasteiger partial charge in [0.05, 0.1) is 27.8 Å². The molecule has 2 aromatic heterocycles. The Labute approximate surface area is 636 Å². The van der Waals surface area contributed by atoms with Crippen LogP contribution < -0.4 is 26.2 Å². The van der Waals surface area contributed by atoms with Gasteiger partial charge in [-0.1, -0.05) is 284 Å². The van der Waals surface area contributed by atoms with Gasteiger partial charge >= 0.3 is 0 Å². The Bertz CT molecular complexity index is 5890. The average Bonchev–Trinajstić information content (AvgIpc) is 1.05.